The fourth-order valence-corrected chi connectivity index (χ4v) is 3.67. The molecule has 0 aliphatic carbocycles. The maximum absolute atomic E-state index is 12.6. The molecule has 154 valence electrons. The first-order valence-electron chi connectivity index (χ1n) is 9.84. The van der Waals surface area contributed by atoms with E-state index in [0.717, 1.165) is 19.4 Å². The number of methoxy groups -OCH3 is 1. The van der Waals surface area contributed by atoms with Crippen molar-refractivity contribution < 1.29 is 23.8 Å². The second kappa shape index (κ2) is 9.99. The summed E-state index contributed by atoms with van der Waals surface area (Å²) in [5, 5.41) is 19.3. The van der Waals surface area contributed by atoms with E-state index in [2.05, 4.69) is 6.07 Å². The maximum atomic E-state index is 12.6. The van der Waals surface area contributed by atoms with E-state index in [1.54, 1.807) is 36.6 Å². The molecule has 1 aromatic heterocycles. The van der Waals surface area contributed by atoms with Gasteiger partial charge in [-0.1, -0.05) is 0 Å². The van der Waals surface area contributed by atoms with Crippen LogP contribution in [0.3, 0.4) is 0 Å². The third-order valence-corrected chi connectivity index (χ3v) is 5.15. The fourth-order valence-electron chi connectivity index (χ4n) is 3.67. The highest BCUT2D eigenvalue weighted by Crippen LogP contribution is 2.29. The predicted molar refractivity (Wildman–Crippen MR) is 105 cm³/mol. The van der Waals surface area contributed by atoms with E-state index < -0.39 is 6.10 Å². The molecule has 1 aliphatic rings. The minimum atomic E-state index is -0.699. The van der Waals surface area contributed by atoms with Crippen LogP contribution in [-0.2, 0) is 4.79 Å². The van der Waals surface area contributed by atoms with E-state index in [1.807, 2.05) is 4.90 Å². The third-order valence-electron chi connectivity index (χ3n) is 5.15. The average molecular weight is 398 g/mol. The zero-order valence-electron chi connectivity index (χ0n) is 16.5. The van der Waals surface area contributed by atoms with Gasteiger partial charge in [-0.25, -0.2) is 0 Å². The van der Waals surface area contributed by atoms with Gasteiger partial charge in [0.05, 0.1) is 31.6 Å². The van der Waals surface area contributed by atoms with E-state index in [0.29, 0.717) is 48.7 Å². The smallest absolute Gasteiger partial charge is 0.222 e. The van der Waals surface area contributed by atoms with Crippen molar-refractivity contribution in [2.24, 2.45) is 0 Å². The number of rotatable bonds is 9. The number of carbonyl (C=O) groups is 1. The van der Waals surface area contributed by atoms with Gasteiger partial charge < -0.3 is 23.9 Å². The number of benzene rings is 1. The van der Waals surface area contributed by atoms with Crippen molar-refractivity contribution in [3.63, 3.8) is 0 Å². The molecule has 1 aromatic carbocycles. The Morgan fingerprint density at radius 2 is 2.28 bits per heavy atom. The molecule has 0 saturated carbocycles. The second-order valence-corrected chi connectivity index (χ2v) is 7.08. The van der Waals surface area contributed by atoms with Gasteiger partial charge in [0.15, 0.2) is 11.5 Å². The molecule has 0 spiro atoms. The standard InChI is InChI=1S/C22H26N2O5/c1-27-21-13-16(15-23)8-9-20(21)29-12-4-7-22(26)24-10-2-5-17(24)14-18(25)19-6-3-11-28-19/h3,6,8-9,11,13,17-18,25H,2,4-5,7,10,12,14H2,1H3/t17-,18+/m1/s1. The summed E-state index contributed by atoms with van der Waals surface area (Å²) in [5.41, 5.74) is 0.501. The highest BCUT2D eigenvalue weighted by Gasteiger charge is 2.30. The molecule has 1 N–H and O–H groups in total. The van der Waals surface area contributed by atoms with Crippen molar-refractivity contribution >= 4 is 5.91 Å². The number of furan rings is 1. The number of carbonyl (C=O) groups excluding carboxylic acids is 1. The van der Waals surface area contributed by atoms with Crippen molar-refractivity contribution in [1.82, 2.24) is 4.90 Å². The summed E-state index contributed by atoms with van der Waals surface area (Å²) in [7, 11) is 1.53. The lowest BCUT2D eigenvalue weighted by Gasteiger charge is -2.26. The maximum Gasteiger partial charge on any atom is 0.222 e. The number of aliphatic hydroxyl groups is 1. The van der Waals surface area contributed by atoms with Crippen molar-refractivity contribution in [3.8, 4) is 17.6 Å². The molecule has 29 heavy (non-hydrogen) atoms. The lowest BCUT2D eigenvalue weighted by atomic mass is 10.0. The quantitative estimate of drug-likeness (QED) is 0.650. The lowest BCUT2D eigenvalue weighted by Crippen LogP contribution is -2.36. The van der Waals surface area contributed by atoms with Gasteiger partial charge >= 0.3 is 0 Å². The fraction of sp³-hybridized carbons (Fsp3) is 0.455. The summed E-state index contributed by atoms with van der Waals surface area (Å²) < 4.78 is 16.2. The molecule has 2 heterocycles. The Balaban J connectivity index is 1.46. The van der Waals surface area contributed by atoms with Gasteiger partial charge in [0.25, 0.3) is 0 Å². The number of aliphatic hydroxyl groups excluding tert-OH is 1. The van der Waals surface area contributed by atoms with Crippen molar-refractivity contribution in [1.29, 1.82) is 5.26 Å². The molecule has 2 atom stereocenters. The van der Waals surface area contributed by atoms with Crippen LogP contribution in [0.4, 0.5) is 0 Å². The molecule has 0 radical (unpaired) electrons. The molecular formula is C22H26N2O5. The number of nitrogens with zero attached hydrogens (tertiary/aromatic N) is 2. The van der Waals surface area contributed by atoms with Crippen LogP contribution in [0.25, 0.3) is 0 Å². The average Bonchev–Trinajstić information content (AvgIpc) is 3.43. The summed E-state index contributed by atoms with van der Waals surface area (Å²) in [6.07, 6.45) is 4.12. The van der Waals surface area contributed by atoms with Crippen molar-refractivity contribution in [3.05, 3.63) is 47.9 Å². The molecule has 2 aromatic rings. The normalized spacial score (nSPS) is 17.0. The summed E-state index contributed by atoms with van der Waals surface area (Å²) in [4.78, 5) is 14.5. The van der Waals surface area contributed by atoms with Gasteiger partial charge in [-0.05, 0) is 43.5 Å². The molecule has 0 unspecified atom stereocenters. The monoisotopic (exact) mass is 398 g/mol. The Hall–Kier alpha value is -2.98. The molecule has 1 aliphatic heterocycles. The van der Waals surface area contributed by atoms with Gasteiger partial charge in [0, 0.05) is 31.5 Å². The molecule has 1 fully saturated rings. The number of nitriles is 1. The van der Waals surface area contributed by atoms with Gasteiger partial charge in [0.2, 0.25) is 5.91 Å². The van der Waals surface area contributed by atoms with Crippen molar-refractivity contribution in [2.45, 2.75) is 44.2 Å². The van der Waals surface area contributed by atoms with Gasteiger partial charge in [0.1, 0.15) is 11.9 Å². The largest absolute Gasteiger partial charge is 0.493 e. The molecule has 1 saturated heterocycles. The highest BCUT2D eigenvalue weighted by atomic mass is 16.5. The van der Waals surface area contributed by atoms with Crippen LogP contribution < -0.4 is 9.47 Å². The zero-order valence-corrected chi connectivity index (χ0v) is 16.5. The summed E-state index contributed by atoms with van der Waals surface area (Å²) >= 11 is 0. The minimum Gasteiger partial charge on any atom is -0.493 e. The van der Waals surface area contributed by atoms with Crippen LogP contribution in [-0.4, -0.2) is 42.2 Å². The SMILES string of the molecule is COc1cc(C#N)ccc1OCCCC(=O)N1CCC[C@@H]1C[C@H](O)c1ccco1. The number of amides is 1. The van der Waals surface area contributed by atoms with Crippen LogP contribution in [0.15, 0.2) is 41.0 Å². The third kappa shape index (κ3) is 5.30. The summed E-state index contributed by atoms with van der Waals surface area (Å²) in [5.74, 6) is 1.67. The van der Waals surface area contributed by atoms with Crippen LogP contribution in [0.1, 0.15) is 49.5 Å². The van der Waals surface area contributed by atoms with Crippen LogP contribution in [0, 0.1) is 11.3 Å². The number of likely N-dealkylation sites (tertiary alicyclic amines) is 1. The van der Waals surface area contributed by atoms with Crippen molar-refractivity contribution in [2.75, 3.05) is 20.3 Å². The van der Waals surface area contributed by atoms with Crippen LogP contribution in [0.5, 0.6) is 11.5 Å². The van der Waals surface area contributed by atoms with Gasteiger partial charge in [-0.3, -0.25) is 4.79 Å². The van der Waals surface area contributed by atoms with Crippen LogP contribution in [0.2, 0.25) is 0 Å². The summed E-state index contributed by atoms with van der Waals surface area (Å²) in [6, 6.07) is 10.6. The highest BCUT2D eigenvalue weighted by molar-refractivity contribution is 5.76. The first-order valence-corrected chi connectivity index (χ1v) is 9.84. The van der Waals surface area contributed by atoms with Gasteiger partial charge in [-0.2, -0.15) is 5.26 Å². The molecule has 7 nitrogen and oxygen atoms in total. The topological polar surface area (TPSA) is 95.9 Å². The van der Waals surface area contributed by atoms with E-state index in [-0.39, 0.29) is 11.9 Å². The molecular weight excluding hydrogens is 372 g/mol. The number of hydrogen-bond donors (Lipinski definition) is 1. The Labute approximate surface area is 170 Å². The number of ether oxygens (including phenoxy) is 2. The van der Waals surface area contributed by atoms with E-state index in [9.17, 15) is 9.90 Å². The van der Waals surface area contributed by atoms with Crippen LogP contribution >= 0.6 is 0 Å². The Kier molecular flexibility index (Phi) is 7.14. The Bertz CT molecular complexity index is 843. The van der Waals surface area contributed by atoms with E-state index >= 15 is 0 Å². The minimum absolute atomic E-state index is 0.0298. The number of hydrogen-bond acceptors (Lipinski definition) is 6. The van der Waals surface area contributed by atoms with Gasteiger partial charge in [-0.15, -0.1) is 0 Å². The Morgan fingerprint density at radius 3 is 3.00 bits per heavy atom. The first kappa shape index (κ1) is 20.7. The second-order valence-electron chi connectivity index (χ2n) is 7.08. The summed E-state index contributed by atoms with van der Waals surface area (Å²) in [6.45, 7) is 1.10. The zero-order chi connectivity index (χ0) is 20.6. The first-order chi connectivity index (χ1) is 14.1. The predicted octanol–water partition coefficient (Wildman–Crippen LogP) is 3.43. The van der Waals surface area contributed by atoms with E-state index in [1.165, 1.54) is 7.11 Å². The lowest BCUT2D eigenvalue weighted by molar-refractivity contribution is -0.132. The molecule has 7 heteroatoms. The molecule has 0 bridgehead atoms. The molecule has 3 rings (SSSR count). The van der Waals surface area contributed by atoms with E-state index in [4.69, 9.17) is 19.2 Å². The molecule has 1 amide bonds. The Morgan fingerprint density at radius 1 is 1.41 bits per heavy atom.